The van der Waals surface area contributed by atoms with Gasteiger partial charge < -0.3 is 5.11 Å². The number of anilines is 1. The van der Waals surface area contributed by atoms with Crippen molar-refractivity contribution < 1.29 is 17.9 Å². The Balaban J connectivity index is 2.33. The van der Waals surface area contributed by atoms with E-state index in [1.165, 1.54) is 18.3 Å². The second kappa shape index (κ2) is 4.06. The Bertz CT molecular complexity index is 625. The van der Waals surface area contributed by atoms with E-state index >= 15 is 0 Å². The van der Waals surface area contributed by atoms with E-state index in [0.717, 1.165) is 12.1 Å². The molecule has 0 aliphatic rings. The van der Waals surface area contributed by atoms with Crippen molar-refractivity contribution in [1.29, 1.82) is 0 Å². The van der Waals surface area contributed by atoms with Crippen molar-refractivity contribution in [1.82, 2.24) is 10.2 Å². The molecule has 1 aromatic carbocycles. The van der Waals surface area contributed by atoms with Gasteiger partial charge in [-0.2, -0.15) is 13.5 Å². The van der Waals surface area contributed by atoms with Gasteiger partial charge in [-0.15, -0.1) is 0 Å². The molecule has 0 unspecified atom stereocenters. The molecular formula is C9H8FN3O3S. The number of aromatic amines is 1. The van der Waals surface area contributed by atoms with Crippen molar-refractivity contribution in [2.45, 2.75) is 5.03 Å². The van der Waals surface area contributed by atoms with Crippen LogP contribution in [-0.4, -0.2) is 23.7 Å². The van der Waals surface area contributed by atoms with E-state index in [9.17, 15) is 12.8 Å². The van der Waals surface area contributed by atoms with Crippen LogP contribution in [0.25, 0.3) is 0 Å². The van der Waals surface area contributed by atoms with Crippen molar-refractivity contribution in [3.63, 3.8) is 0 Å². The lowest BCUT2D eigenvalue weighted by Crippen LogP contribution is -2.14. The van der Waals surface area contributed by atoms with E-state index in [-0.39, 0.29) is 16.5 Å². The average molecular weight is 257 g/mol. The van der Waals surface area contributed by atoms with Crippen LogP contribution in [0.1, 0.15) is 0 Å². The lowest BCUT2D eigenvalue weighted by molar-refractivity contribution is 0.469. The summed E-state index contributed by atoms with van der Waals surface area (Å²) in [7, 11) is -3.90. The minimum absolute atomic E-state index is 0.176. The Labute approximate surface area is 96.2 Å². The van der Waals surface area contributed by atoms with Gasteiger partial charge in [0, 0.05) is 6.07 Å². The number of H-pyrrole nitrogens is 1. The number of hydrogen-bond acceptors (Lipinski definition) is 4. The molecule has 17 heavy (non-hydrogen) atoms. The van der Waals surface area contributed by atoms with Gasteiger partial charge in [-0.1, -0.05) is 0 Å². The van der Waals surface area contributed by atoms with Gasteiger partial charge in [-0.3, -0.25) is 9.82 Å². The predicted molar refractivity (Wildman–Crippen MR) is 57.5 cm³/mol. The zero-order chi connectivity index (χ0) is 12.5. The van der Waals surface area contributed by atoms with Gasteiger partial charge in [0.25, 0.3) is 10.0 Å². The molecule has 6 nitrogen and oxygen atoms in total. The number of phenolic OH excluding ortho intramolecular Hbond substituents is 1. The molecule has 0 radical (unpaired) electrons. The first-order chi connectivity index (χ1) is 7.99. The molecule has 2 rings (SSSR count). The lowest BCUT2D eigenvalue weighted by Gasteiger charge is -2.07. The molecule has 0 atom stereocenters. The van der Waals surface area contributed by atoms with Crippen LogP contribution in [0.3, 0.4) is 0 Å². The maximum absolute atomic E-state index is 13.3. The molecule has 3 N–H and O–H groups in total. The summed E-state index contributed by atoms with van der Waals surface area (Å²) < 4.78 is 38.7. The van der Waals surface area contributed by atoms with Crippen LogP contribution >= 0.6 is 0 Å². The smallest absolute Gasteiger partial charge is 0.278 e. The van der Waals surface area contributed by atoms with E-state index in [0.29, 0.717) is 0 Å². The lowest BCUT2D eigenvalue weighted by atomic mass is 10.3. The maximum atomic E-state index is 13.3. The molecule has 1 aromatic heterocycles. The summed E-state index contributed by atoms with van der Waals surface area (Å²) in [6.07, 6.45) is 1.27. The molecule has 0 saturated carbocycles. The first-order valence-corrected chi connectivity index (χ1v) is 5.98. The highest BCUT2D eigenvalue weighted by Gasteiger charge is 2.17. The molecule has 0 amide bonds. The van der Waals surface area contributed by atoms with Crippen LogP contribution in [0.4, 0.5) is 10.1 Å². The Morgan fingerprint density at radius 3 is 2.71 bits per heavy atom. The number of nitrogens with zero attached hydrogens (tertiary/aromatic N) is 1. The highest BCUT2D eigenvalue weighted by Crippen LogP contribution is 2.21. The molecule has 0 spiro atoms. The molecular weight excluding hydrogens is 249 g/mol. The van der Waals surface area contributed by atoms with Crippen LogP contribution in [0.5, 0.6) is 5.75 Å². The van der Waals surface area contributed by atoms with E-state index in [1.54, 1.807) is 0 Å². The standard InChI is InChI=1S/C9H8FN3O3S/c10-7-5-6(14)1-2-8(7)13-17(15,16)9-3-4-11-12-9/h1-5,13-14H,(H,11,12). The summed E-state index contributed by atoms with van der Waals surface area (Å²) in [5.74, 6) is -1.15. The van der Waals surface area contributed by atoms with E-state index < -0.39 is 15.8 Å². The van der Waals surface area contributed by atoms with Gasteiger partial charge in [0.1, 0.15) is 5.75 Å². The van der Waals surface area contributed by atoms with E-state index in [1.807, 2.05) is 4.72 Å². The summed E-state index contributed by atoms with van der Waals surface area (Å²) in [6, 6.07) is 4.35. The van der Waals surface area contributed by atoms with Crippen LogP contribution in [0, 0.1) is 5.82 Å². The third kappa shape index (κ3) is 2.36. The summed E-state index contributed by atoms with van der Waals surface area (Å²) in [5.41, 5.74) is -0.252. The minimum atomic E-state index is -3.90. The molecule has 0 aliphatic heterocycles. The minimum Gasteiger partial charge on any atom is -0.508 e. The fraction of sp³-hybridized carbons (Fsp3) is 0. The molecule has 0 saturated heterocycles. The predicted octanol–water partition coefficient (Wildman–Crippen LogP) is 1.06. The number of halogens is 1. The van der Waals surface area contributed by atoms with Gasteiger partial charge in [0.15, 0.2) is 10.8 Å². The van der Waals surface area contributed by atoms with Crippen LogP contribution in [-0.2, 0) is 10.0 Å². The Kier molecular flexibility index (Phi) is 2.72. The largest absolute Gasteiger partial charge is 0.508 e. The Morgan fingerprint density at radius 2 is 2.12 bits per heavy atom. The second-order valence-electron chi connectivity index (χ2n) is 3.19. The fourth-order valence-corrected chi connectivity index (χ4v) is 2.16. The summed E-state index contributed by atoms with van der Waals surface area (Å²) in [6.45, 7) is 0. The number of benzene rings is 1. The summed E-state index contributed by atoms with van der Waals surface area (Å²) >= 11 is 0. The van der Waals surface area contributed by atoms with Gasteiger partial charge in [0.05, 0.1) is 11.9 Å². The molecule has 0 bridgehead atoms. The molecule has 0 fully saturated rings. The molecule has 2 aromatic rings. The average Bonchev–Trinajstić information content (AvgIpc) is 2.76. The highest BCUT2D eigenvalue weighted by atomic mass is 32.2. The number of sulfonamides is 1. The van der Waals surface area contributed by atoms with E-state index in [2.05, 4.69) is 10.2 Å². The molecule has 0 aliphatic carbocycles. The first-order valence-electron chi connectivity index (χ1n) is 4.50. The number of phenols is 1. The zero-order valence-corrected chi connectivity index (χ0v) is 9.20. The van der Waals surface area contributed by atoms with Crippen molar-refractivity contribution in [3.8, 4) is 5.75 Å². The topological polar surface area (TPSA) is 95.1 Å². The number of rotatable bonds is 3. The van der Waals surface area contributed by atoms with Gasteiger partial charge in [0.2, 0.25) is 0 Å². The van der Waals surface area contributed by atoms with Gasteiger partial charge >= 0.3 is 0 Å². The highest BCUT2D eigenvalue weighted by molar-refractivity contribution is 7.92. The van der Waals surface area contributed by atoms with Crippen molar-refractivity contribution >= 4 is 15.7 Å². The SMILES string of the molecule is O=S(=O)(Nc1ccc(O)cc1F)c1ccn[nH]1. The molecule has 1 heterocycles. The van der Waals surface area contributed by atoms with E-state index in [4.69, 9.17) is 5.11 Å². The van der Waals surface area contributed by atoms with Crippen molar-refractivity contribution in [2.24, 2.45) is 0 Å². The Morgan fingerprint density at radius 1 is 1.35 bits per heavy atom. The molecule has 90 valence electrons. The van der Waals surface area contributed by atoms with Crippen LogP contribution < -0.4 is 4.72 Å². The number of hydrogen-bond donors (Lipinski definition) is 3. The number of aromatic nitrogens is 2. The van der Waals surface area contributed by atoms with Crippen molar-refractivity contribution in [2.75, 3.05) is 4.72 Å². The first kappa shape index (κ1) is 11.4. The summed E-state index contributed by atoms with van der Waals surface area (Å²) in [4.78, 5) is 0. The normalized spacial score (nSPS) is 11.4. The third-order valence-corrected chi connectivity index (χ3v) is 3.26. The zero-order valence-electron chi connectivity index (χ0n) is 8.38. The Hall–Kier alpha value is -2.09. The van der Waals surface area contributed by atoms with Crippen LogP contribution in [0.15, 0.2) is 35.5 Å². The van der Waals surface area contributed by atoms with Gasteiger partial charge in [-0.05, 0) is 18.2 Å². The quantitative estimate of drug-likeness (QED) is 0.716. The monoisotopic (exact) mass is 257 g/mol. The van der Waals surface area contributed by atoms with Crippen LogP contribution in [0.2, 0.25) is 0 Å². The second-order valence-corrected chi connectivity index (χ2v) is 4.84. The van der Waals surface area contributed by atoms with Crippen molar-refractivity contribution in [3.05, 3.63) is 36.3 Å². The van der Waals surface area contributed by atoms with Gasteiger partial charge in [-0.25, -0.2) is 4.39 Å². The number of aromatic hydroxyl groups is 1. The third-order valence-electron chi connectivity index (χ3n) is 1.96. The number of nitrogens with one attached hydrogen (secondary N) is 2. The fourth-order valence-electron chi connectivity index (χ4n) is 1.18. The maximum Gasteiger partial charge on any atom is 0.278 e. The molecule has 8 heteroatoms. The summed E-state index contributed by atoms with van der Waals surface area (Å²) in [5, 5.41) is 14.6.